The molecule has 1 aliphatic heterocycles. The molecular weight excluding hydrogens is 246 g/mol. The van der Waals surface area contributed by atoms with Gasteiger partial charge in [0.25, 0.3) is 0 Å². The largest absolute Gasteiger partial charge is 0.455 e. The van der Waals surface area contributed by atoms with Crippen molar-refractivity contribution in [1.29, 1.82) is 0 Å². The molecule has 0 bridgehead atoms. The third kappa shape index (κ3) is 1.93. The summed E-state index contributed by atoms with van der Waals surface area (Å²) in [6.45, 7) is 2.16. The molecule has 0 saturated heterocycles. The van der Waals surface area contributed by atoms with E-state index in [2.05, 4.69) is 18.3 Å². The topological polar surface area (TPSA) is 21.3 Å². The molecular formula is C15H14ClNO. The first-order chi connectivity index (χ1) is 8.78. The Kier molecular flexibility index (Phi) is 2.88. The number of benzene rings is 2. The maximum absolute atomic E-state index is 6.04. The molecule has 0 saturated carbocycles. The molecule has 92 valence electrons. The molecule has 3 rings (SSSR count). The summed E-state index contributed by atoms with van der Waals surface area (Å²) in [7, 11) is 0. The SMILES string of the molecule is CCC1Nc2cc(Cl)ccc2Oc2ccccc21. The number of ether oxygens (including phenoxy) is 1. The van der Waals surface area contributed by atoms with Crippen LogP contribution in [0, 0.1) is 0 Å². The van der Waals surface area contributed by atoms with Crippen molar-refractivity contribution in [2.75, 3.05) is 5.32 Å². The van der Waals surface area contributed by atoms with Crippen molar-refractivity contribution in [3.05, 3.63) is 53.1 Å². The lowest BCUT2D eigenvalue weighted by molar-refractivity contribution is 0.481. The number of para-hydroxylation sites is 1. The summed E-state index contributed by atoms with van der Waals surface area (Å²) in [6.07, 6.45) is 0.992. The average Bonchev–Trinajstić information content (AvgIpc) is 2.54. The van der Waals surface area contributed by atoms with Gasteiger partial charge in [0.2, 0.25) is 0 Å². The third-order valence-electron chi connectivity index (χ3n) is 3.19. The van der Waals surface area contributed by atoms with Crippen molar-refractivity contribution in [1.82, 2.24) is 0 Å². The van der Waals surface area contributed by atoms with Crippen molar-refractivity contribution in [3.63, 3.8) is 0 Å². The van der Waals surface area contributed by atoms with Crippen LogP contribution in [-0.4, -0.2) is 0 Å². The summed E-state index contributed by atoms with van der Waals surface area (Å²) in [5.41, 5.74) is 2.14. The van der Waals surface area contributed by atoms with E-state index in [-0.39, 0.29) is 6.04 Å². The molecule has 1 N–H and O–H groups in total. The number of anilines is 1. The Morgan fingerprint density at radius 2 is 2.00 bits per heavy atom. The highest BCUT2D eigenvalue weighted by atomic mass is 35.5. The molecule has 18 heavy (non-hydrogen) atoms. The van der Waals surface area contributed by atoms with E-state index in [1.165, 1.54) is 5.56 Å². The van der Waals surface area contributed by atoms with Gasteiger partial charge < -0.3 is 10.1 Å². The molecule has 0 aromatic heterocycles. The molecule has 2 nitrogen and oxygen atoms in total. The first-order valence-electron chi connectivity index (χ1n) is 6.11. The summed E-state index contributed by atoms with van der Waals surface area (Å²) in [4.78, 5) is 0. The molecule has 1 heterocycles. The van der Waals surface area contributed by atoms with Gasteiger partial charge in [-0.25, -0.2) is 0 Å². The van der Waals surface area contributed by atoms with Crippen LogP contribution < -0.4 is 10.1 Å². The van der Waals surface area contributed by atoms with Crippen LogP contribution in [0.3, 0.4) is 0 Å². The molecule has 1 unspecified atom stereocenters. The Bertz CT molecular complexity index is 582. The van der Waals surface area contributed by atoms with Gasteiger partial charge in [-0.1, -0.05) is 36.7 Å². The van der Waals surface area contributed by atoms with Crippen molar-refractivity contribution in [2.24, 2.45) is 0 Å². The highest BCUT2D eigenvalue weighted by molar-refractivity contribution is 6.30. The number of hydrogen-bond donors (Lipinski definition) is 1. The van der Waals surface area contributed by atoms with E-state index in [0.29, 0.717) is 5.02 Å². The van der Waals surface area contributed by atoms with Gasteiger partial charge in [-0.05, 0) is 30.7 Å². The lowest BCUT2D eigenvalue weighted by Crippen LogP contribution is -2.08. The summed E-state index contributed by atoms with van der Waals surface area (Å²) in [5, 5.41) is 4.21. The average molecular weight is 260 g/mol. The Morgan fingerprint density at radius 1 is 1.17 bits per heavy atom. The molecule has 0 radical (unpaired) electrons. The van der Waals surface area contributed by atoms with Gasteiger partial charge in [0, 0.05) is 10.6 Å². The molecule has 1 aliphatic rings. The van der Waals surface area contributed by atoms with Crippen LogP contribution in [0.2, 0.25) is 5.02 Å². The van der Waals surface area contributed by atoms with E-state index >= 15 is 0 Å². The van der Waals surface area contributed by atoms with Crippen LogP contribution in [0.5, 0.6) is 11.5 Å². The minimum atomic E-state index is 0.251. The predicted molar refractivity (Wildman–Crippen MR) is 74.6 cm³/mol. The molecule has 0 spiro atoms. The third-order valence-corrected chi connectivity index (χ3v) is 3.43. The van der Waals surface area contributed by atoms with Crippen LogP contribution in [0.25, 0.3) is 0 Å². The molecule has 0 aliphatic carbocycles. The van der Waals surface area contributed by atoms with Crippen LogP contribution in [0.15, 0.2) is 42.5 Å². The second-order valence-corrected chi connectivity index (χ2v) is 4.82. The fourth-order valence-corrected chi connectivity index (χ4v) is 2.44. The Balaban J connectivity index is 2.13. The summed E-state index contributed by atoms with van der Waals surface area (Å²) in [6, 6.07) is 14.0. The molecule has 1 atom stereocenters. The first-order valence-corrected chi connectivity index (χ1v) is 6.48. The van der Waals surface area contributed by atoms with Crippen LogP contribution in [-0.2, 0) is 0 Å². The highest BCUT2D eigenvalue weighted by Gasteiger charge is 2.21. The predicted octanol–water partition coefficient (Wildman–Crippen LogP) is 5.01. The Labute approximate surface area is 112 Å². The van der Waals surface area contributed by atoms with Crippen molar-refractivity contribution < 1.29 is 4.74 Å². The fraction of sp³-hybridized carbons (Fsp3) is 0.200. The van der Waals surface area contributed by atoms with E-state index in [0.717, 1.165) is 23.6 Å². The fourth-order valence-electron chi connectivity index (χ4n) is 2.27. The zero-order chi connectivity index (χ0) is 12.5. The second kappa shape index (κ2) is 4.54. The van der Waals surface area contributed by atoms with E-state index in [9.17, 15) is 0 Å². The Hall–Kier alpha value is -1.67. The number of rotatable bonds is 1. The number of nitrogens with one attached hydrogen (secondary N) is 1. The van der Waals surface area contributed by atoms with E-state index in [1.807, 2.05) is 36.4 Å². The zero-order valence-electron chi connectivity index (χ0n) is 10.1. The number of halogens is 1. The van der Waals surface area contributed by atoms with E-state index in [4.69, 9.17) is 16.3 Å². The van der Waals surface area contributed by atoms with Crippen molar-refractivity contribution in [3.8, 4) is 11.5 Å². The Morgan fingerprint density at radius 3 is 2.83 bits per heavy atom. The molecule has 2 aromatic carbocycles. The van der Waals surface area contributed by atoms with Crippen LogP contribution in [0.1, 0.15) is 24.9 Å². The van der Waals surface area contributed by atoms with Crippen molar-refractivity contribution in [2.45, 2.75) is 19.4 Å². The lowest BCUT2D eigenvalue weighted by atomic mass is 10.0. The lowest BCUT2D eigenvalue weighted by Gasteiger charge is -2.16. The maximum atomic E-state index is 6.04. The molecule has 2 aromatic rings. The van der Waals surface area contributed by atoms with Crippen LogP contribution in [0.4, 0.5) is 5.69 Å². The standard InChI is InChI=1S/C15H14ClNO/c1-2-12-11-5-3-4-6-14(11)18-15-8-7-10(16)9-13(15)17-12/h3-9,12,17H,2H2,1H3. The van der Waals surface area contributed by atoms with Gasteiger partial charge in [-0.15, -0.1) is 0 Å². The number of hydrogen-bond acceptors (Lipinski definition) is 2. The van der Waals surface area contributed by atoms with Crippen molar-refractivity contribution >= 4 is 17.3 Å². The van der Waals surface area contributed by atoms with Gasteiger partial charge in [-0.3, -0.25) is 0 Å². The smallest absolute Gasteiger partial charge is 0.150 e. The minimum absolute atomic E-state index is 0.251. The molecule has 0 fully saturated rings. The van der Waals surface area contributed by atoms with E-state index < -0.39 is 0 Å². The minimum Gasteiger partial charge on any atom is -0.455 e. The van der Waals surface area contributed by atoms with E-state index in [1.54, 1.807) is 0 Å². The molecule has 3 heteroatoms. The maximum Gasteiger partial charge on any atom is 0.150 e. The van der Waals surface area contributed by atoms with Gasteiger partial charge in [-0.2, -0.15) is 0 Å². The normalized spacial score (nSPS) is 16.9. The summed E-state index contributed by atoms with van der Waals surface area (Å²) in [5.74, 6) is 1.74. The van der Waals surface area contributed by atoms with Gasteiger partial charge in [0.15, 0.2) is 5.75 Å². The van der Waals surface area contributed by atoms with Gasteiger partial charge >= 0.3 is 0 Å². The zero-order valence-corrected chi connectivity index (χ0v) is 10.9. The monoisotopic (exact) mass is 259 g/mol. The second-order valence-electron chi connectivity index (χ2n) is 4.39. The van der Waals surface area contributed by atoms with Gasteiger partial charge in [0.05, 0.1) is 11.7 Å². The highest BCUT2D eigenvalue weighted by Crippen LogP contribution is 2.41. The summed E-state index contributed by atoms with van der Waals surface area (Å²) < 4.78 is 5.97. The quantitative estimate of drug-likeness (QED) is 0.777. The number of fused-ring (bicyclic) bond motifs is 2. The molecule has 0 amide bonds. The van der Waals surface area contributed by atoms with Gasteiger partial charge in [0.1, 0.15) is 5.75 Å². The van der Waals surface area contributed by atoms with Crippen LogP contribution >= 0.6 is 11.6 Å². The summed E-state index contributed by atoms with van der Waals surface area (Å²) >= 11 is 6.04. The first kappa shape index (κ1) is 11.4.